The Bertz CT molecular complexity index is 775. The highest BCUT2D eigenvalue weighted by atomic mass is 35.5. The van der Waals surface area contributed by atoms with Gasteiger partial charge in [0.1, 0.15) is 0 Å². The van der Waals surface area contributed by atoms with Crippen molar-refractivity contribution >= 4 is 53.6 Å². The smallest absolute Gasteiger partial charge is 0.0707 e. The molecule has 23 heavy (non-hydrogen) atoms. The summed E-state index contributed by atoms with van der Waals surface area (Å²) in [5.74, 6) is 0. The summed E-state index contributed by atoms with van der Waals surface area (Å²) in [6.45, 7) is 0. The maximum Gasteiger partial charge on any atom is 0.0707 e. The monoisotopic (exact) mass is 346 g/mol. The molecule has 0 atom stereocenters. The summed E-state index contributed by atoms with van der Waals surface area (Å²) >= 11 is 0. The number of nitrogens with zero attached hydrogens (tertiary/aromatic N) is 2. The Morgan fingerprint density at radius 3 is 2.22 bits per heavy atom. The van der Waals surface area contributed by atoms with Crippen molar-refractivity contribution in [2.45, 2.75) is 0 Å². The molecule has 0 aliphatic heterocycles. The molecule has 0 saturated heterocycles. The molecule has 0 N–H and O–H groups in total. The average molecular weight is 347 g/mol. The highest BCUT2D eigenvalue weighted by molar-refractivity contribution is 5.90. The summed E-state index contributed by atoms with van der Waals surface area (Å²) in [6.07, 6.45) is 6.15. The van der Waals surface area contributed by atoms with Gasteiger partial charge in [-0.2, -0.15) is 0 Å². The van der Waals surface area contributed by atoms with E-state index >= 15 is 0 Å². The summed E-state index contributed by atoms with van der Waals surface area (Å²) in [5.41, 5.74) is 4.63. The zero-order chi connectivity index (χ0) is 14.7. The fourth-order valence-corrected chi connectivity index (χ4v) is 2.33. The maximum absolute atomic E-state index is 4.39. The molecule has 120 valence electrons. The SMILES string of the molecule is CN(C)c1ccc(C=Cc2ccnc3ccccc23)cc1.Cl.Cl. The van der Waals surface area contributed by atoms with E-state index in [1.165, 1.54) is 22.2 Å². The van der Waals surface area contributed by atoms with Crippen molar-refractivity contribution in [3.05, 3.63) is 71.9 Å². The minimum Gasteiger partial charge on any atom is -0.378 e. The summed E-state index contributed by atoms with van der Waals surface area (Å²) in [4.78, 5) is 6.49. The quantitative estimate of drug-likeness (QED) is 0.638. The van der Waals surface area contributed by atoms with E-state index in [0.717, 1.165) is 5.52 Å². The minimum atomic E-state index is 0. The van der Waals surface area contributed by atoms with Crippen LogP contribution in [0.1, 0.15) is 11.1 Å². The first kappa shape index (κ1) is 19.0. The van der Waals surface area contributed by atoms with E-state index in [9.17, 15) is 0 Å². The number of hydrogen-bond acceptors (Lipinski definition) is 2. The summed E-state index contributed by atoms with van der Waals surface area (Å²) in [7, 11) is 4.10. The van der Waals surface area contributed by atoms with Crippen molar-refractivity contribution in [3.8, 4) is 0 Å². The van der Waals surface area contributed by atoms with E-state index in [1.54, 1.807) is 0 Å². The second-order valence-corrected chi connectivity index (χ2v) is 5.24. The number of fused-ring (bicyclic) bond motifs is 1. The van der Waals surface area contributed by atoms with Crippen LogP contribution in [-0.2, 0) is 0 Å². The second-order valence-electron chi connectivity index (χ2n) is 5.24. The molecule has 0 amide bonds. The van der Waals surface area contributed by atoms with Crippen molar-refractivity contribution in [1.29, 1.82) is 0 Å². The molecule has 0 fully saturated rings. The third-order valence-corrected chi connectivity index (χ3v) is 3.55. The number of hydrogen-bond donors (Lipinski definition) is 0. The highest BCUT2D eigenvalue weighted by Gasteiger charge is 1.98. The van der Waals surface area contributed by atoms with Gasteiger partial charge in [0.2, 0.25) is 0 Å². The number of benzene rings is 2. The minimum absolute atomic E-state index is 0. The molecule has 3 rings (SSSR count). The van der Waals surface area contributed by atoms with Crippen LogP contribution in [0.25, 0.3) is 23.1 Å². The Morgan fingerprint density at radius 1 is 0.826 bits per heavy atom. The van der Waals surface area contributed by atoms with Gasteiger partial charge in [0.15, 0.2) is 0 Å². The van der Waals surface area contributed by atoms with Crippen molar-refractivity contribution in [1.82, 2.24) is 4.98 Å². The molecule has 0 saturated carbocycles. The number of pyridine rings is 1. The van der Waals surface area contributed by atoms with Gasteiger partial charge in [-0.1, -0.05) is 42.5 Å². The standard InChI is InChI=1S/C19H18N2.2ClH/c1-21(2)17-11-8-15(9-12-17)7-10-16-13-14-20-19-6-4-3-5-18(16)19;;/h3-14H,1-2H3;2*1H. The van der Waals surface area contributed by atoms with Gasteiger partial charge in [0.25, 0.3) is 0 Å². The average Bonchev–Trinajstić information content (AvgIpc) is 2.53. The lowest BCUT2D eigenvalue weighted by Gasteiger charge is -2.11. The van der Waals surface area contributed by atoms with Crippen LogP contribution in [0.15, 0.2) is 60.8 Å². The van der Waals surface area contributed by atoms with Crippen molar-refractivity contribution in [2.75, 3.05) is 19.0 Å². The Balaban J connectivity index is 0.00000132. The first-order valence-corrected chi connectivity index (χ1v) is 7.03. The molecule has 4 heteroatoms. The molecule has 0 aliphatic rings. The molecular weight excluding hydrogens is 327 g/mol. The number of aromatic nitrogens is 1. The lowest BCUT2D eigenvalue weighted by atomic mass is 10.1. The third kappa shape index (κ3) is 4.47. The molecule has 0 unspecified atom stereocenters. The fourth-order valence-electron chi connectivity index (χ4n) is 2.33. The van der Waals surface area contributed by atoms with Crippen LogP contribution < -0.4 is 4.90 Å². The van der Waals surface area contributed by atoms with Gasteiger partial charge in [-0.15, -0.1) is 24.8 Å². The van der Waals surface area contributed by atoms with E-state index in [-0.39, 0.29) is 24.8 Å². The van der Waals surface area contributed by atoms with E-state index in [2.05, 4.69) is 52.4 Å². The largest absolute Gasteiger partial charge is 0.378 e. The first-order valence-electron chi connectivity index (χ1n) is 7.03. The summed E-state index contributed by atoms with van der Waals surface area (Å²) in [6, 6.07) is 18.8. The predicted molar refractivity (Wildman–Crippen MR) is 106 cm³/mol. The van der Waals surface area contributed by atoms with E-state index in [1.807, 2.05) is 44.6 Å². The van der Waals surface area contributed by atoms with Crippen molar-refractivity contribution in [3.63, 3.8) is 0 Å². The lowest BCUT2D eigenvalue weighted by molar-refractivity contribution is 1.13. The molecule has 3 aromatic rings. The highest BCUT2D eigenvalue weighted by Crippen LogP contribution is 2.19. The number of para-hydroxylation sites is 1. The van der Waals surface area contributed by atoms with E-state index in [4.69, 9.17) is 0 Å². The van der Waals surface area contributed by atoms with Crippen LogP contribution >= 0.6 is 24.8 Å². The fraction of sp³-hybridized carbons (Fsp3) is 0.105. The van der Waals surface area contributed by atoms with Crippen LogP contribution in [0.5, 0.6) is 0 Å². The Hall–Kier alpha value is -2.03. The first-order chi connectivity index (χ1) is 10.2. The maximum atomic E-state index is 4.39. The van der Waals surface area contributed by atoms with Crippen LogP contribution in [0.4, 0.5) is 5.69 Å². The third-order valence-electron chi connectivity index (χ3n) is 3.55. The van der Waals surface area contributed by atoms with Crippen molar-refractivity contribution < 1.29 is 0 Å². The topological polar surface area (TPSA) is 16.1 Å². The molecule has 2 nitrogen and oxygen atoms in total. The van der Waals surface area contributed by atoms with Crippen molar-refractivity contribution in [2.24, 2.45) is 0 Å². The zero-order valence-corrected chi connectivity index (χ0v) is 14.8. The predicted octanol–water partition coefficient (Wildman–Crippen LogP) is 5.31. The lowest BCUT2D eigenvalue weighted by Crippen LogP contribution is -2.07. The van der Waals surface area contributed by atoms with Crippen LogP contribution in [-0.4, -0.2) is 19.1 Å². The van der Waals surface area contributed by atoms with Crippen LogP contribution in [0.2, 0.25) is 0 Å². The molecular formula is C19H20Cl2N2. The normalized spacial score (nSPS) is 10.2. The number of anilines is 1. The molecule has 1 heterocycles. The zero-order valence-electron chi connectivity index (χ0n) is 13.1. The van der Waals surface area contributed by atoms with Gasteiger partial charge in [0, 0.05) is 31.4 Å². The number of rotatable bonds is 3. The molecule has 1 aromatic heterocycles. The number of halogens is 2. The van der Waals surface area contributed by atoms with E-state index < -0.39 is 0 Å². The van der Waals surface area contributed by atoms with Gasteiger partial charge in [-0.3, -0.25) is 4.98 Å². The Labute approximate surface area is 149 Å². The molecule has 0 aliphatic carbocycles. The molecule has 2 aromatic carbocycles. The molecule has 0 spiro atoms. The van der Waals surface area contributed by atoms with Gasteiger partial charge >= 0.3 is 0 Å². The Kier molecular flexibility index (Phi) is 7.08. The van der Waals surface area contributed by atoms with Gasteiger partial charge in [0.05, 0.1) is 5.52 Å². The Morgan fingerprint density at radius 2 is 1.52 bits per heavy atom. The summed E-state index contributed by atoms with van der Waals surface area (Å²) in [5, 5.41) is 1.18. The van der Waals surface area contributed by atoms with Crippen LogP contribution in [0, 0.1) is 0 Å². The molecule has 0 radical (unpaired) electrons. The van der Waals surface area contributed by atoms with Gasteiger partial charge in [-0.05, 0) is 35.4 Å². The van der Waals surface area contributed by atoms with Crippen LogP contribution in [0.3, 0.4) is 0 Å². The van der Waals surface area contributed by atoms with Gasteiger partial charge in [-0.25, -0.2) is 0 Å². The summed E-state index contributed by atoms with van der Waals surface area (Å²) < 4.78 is 0. The second kappa shape index (κ2) is 8.56. The van der Waals surface area contributed by atoms with Gasteiger partial charge < -0.3 is 4.90 Å². The van der Waals surface area contributed by atoms with E-state index in [0.29, 0.717) is 0 Å². The molecule has 0 bridgehead atoms.